The largest absolute Gasteiger partial charge is 0.482 e. The van der Waals surface area contributed by atoms with Crippen molar-refractivity contribution >= 4 is 7.60 Å². The summed E-state index contributed by atoms with van der Waals surface area (Å²) in [6.45, 7) is 8.18. The fourth-order valence-electron chi connectivity index (χ4n) is 1.05. The molecule has 0 spiro atoms. The molecule has 0 N–H and O–H groups in total. The lowest BCUT2D eigenvalue weighted by molar-refractivity contribution is 0.189. The predicted octanol–water partition coefficient (Wildman–Crippen LogP) is 3.71. The number of hydrogen-bond acceptors (Lipinski definition) is 4. The van der Waals surface area contributed by atoms with Gasteiger partial charge in [-0.15, -0.1) is 0 Å². The van der Waals surface area contributed by atoms with Gasteiger partial charge in [0.05, 0.1) is 13.2 Å². The molecule has 0 radical (unpaired) electrons. The van der Waals surface area contributed by atoms with E-state index in [4.69, 9.17) is 13.8 Å². The minimum atomic E-state index is -3.26. The molecule has 0 aliphatic rings. The maximum Gasteiger partial charge on any atom is 0.395 e. The molecule has 0 atom stereocenters. The van der Waals surface area contributed by atoms with Crippen molar-refractivity contribution in [2.24, 2.45) is 0 Å². The molecular formula is C11H21O4P. The molecule has 0 aromatic rings. The molecule has 0 fully saturated rings. The first-order chi connectivity index (χ1) is 7.64. The quantitative estimate of drug-likeness (QED) is 0.373. The maximum absolute atomic E-state index is 12.3. The molecule has 0 rings (SSSR count). The topological polar surface area (TPSA) is 44.8 Å². The van der Waals surface area contributed by atoms with Gasteiger partial charge in [0.1, 0.15) is 6.61 Å². The molecule has 4 nitrogen and oxygen atoms in total. The van der Waals surface area contributed by atoms with E-state index < -0.39 is 7.60 Å². The summed E-state index contributed by atoms with van der Waals surface area (Å²) < 4.78 is 28.0. The van der Waals surface area contributed by atoms with E-state index in [1.165, 1.54) is 0 Å². The van der Waals surface area contributed by atoms with Gasteiger partial charge in [0.2, 0.25) is 5.50 Å². The highest BCUT2D eigenvalue weighted by molar-refractivity contribution is 7.58. The molecule has 0 saturated carbocycles. The summed E-state index contributed by atoms with van der Waals surface area (Å²) in [4.78, 5) is 0. The highest BCUT2D eigenvalue weighted by atomic mass is 31.2. The van der Waals surface area contributed by atoms with Gasteiger partial charge in [0.25, 0.3) is 0 Å². The van der Waals surface area contributed by atoms with Crippen LogP contribution < -0.4 is 0 Å². The van der Waals surface area contributed by atoms with E-state index >= 15 is 0 Å². The Balaban J connectivity index is 4.66. The maximum atomic E-state index is 12.3. The Kier molecular flexibility index (Phi) is 8.26. The van der Waals surface area contributed by atoms with Gasteiger partial charge < -0.3 is 13.8 Å². The summed E-state index contributed by atoms with van der Waals surface area (Å²) in [6.07, 6.45) is 5.31. The number of hydrogen-bond donors (Lipinski definition) is 0. The lowest BCUT2D eigenvalue weighted by Crippen LogP contribution is -2.02. The summed E-state index contributed by atoms with van der Waals surface area (Å²) in [5, 5.41) is 0. The lowest BCUT2D eigenvalue weighted by Gasteiger charge is -2.19. The first-order valence-electron chi connectivity index (χ1n) is 5.44. The Morgan fingerprint density at radius 2 is 1.75 bits per heavy atom. The zero-order chi connectivity index (χ0) is 12.4. The fourth-order valence-corrected chi connectivity index (χ4v) is 2.61. The fraction of sp³-hybridized carbons (Fsp3) is 0.636. The van der Waals surface area contributed by atoms with Crippen molar-refractivity contribution in [3.05, 3.63) is 23.7 Å². The number of allylic oxidation sites excluding steroid dienone is 2. The van der Waals surface area contributed by atoms with E-state index in [2.05, 4.69) is 0 Å². The predicted molar refractivity (Wildman–Crippen MR) is 65.4 cm³/mol. The normalized spacial score (nSPS) is 13.4. The van der Waals surface area contributed by atoms with Crippen molar-refractivity contribution in [2.45, 2.75) is 27.7 Å². The summed E-state index contributed by atoms with van der Waals surface area (Å²) in [5.74, 6) is 0. The number of rotatable bonds is 8. The van der Waals surface area contributed by atoms with Gasteiger partial charge in [-0.05, 0) is 33.8 Å². The van der Waals surface area contributed by atoms with Crippen molar-refractivity contribution in [1.29, 1.82) is 0 Å². The van der Waals surface area contributed by atoms with Crippen LogP contribution in [0, 0.1) is 0 Å². The van der Waals surface area contributed by atoms with Crippen molar-refractivity contribution in [3.63, 3.8) is 0 Å². The second-order valence-corrected chi connectivity index (χ2v) is 4.79. The Morgan fingerprint density at radius 1 is 1.19 bits per heavy atom. The molecule has 0 aliphatic heterocycles. The third kappa shape index (κ3) is 4.97. The zero-order valence-corrected chi connectivity index (χ0v) is 11.3. The first kappa shape index (κ1) is 15.4. The van der Waals surface area contributed by atoms with Crippen LogP contribution in [0.1, 0.15) is 27.7 Å². The molecule has 0 aliphatic carbocycles. The van der Waals surface area contributed by atoms with Gasteiger partial charge in [0.15, 0.2) is 0 Å². The summed E-state index contributed by atoms with van der Waals surface area (Å²) in [6, 6.07) is 0. The molecular weight excluding hydrogens is 227 g/mol. The van der Waals surface area contributed by atoms with Crippen LogP contribution in [0.3, 0.4) is 0 Å². The van der Waals surface area contributed by atoms with Gasteiger partial charge in [-0.2, -0.15) is 0 Å². The highest BCUT2D eigenvalue weighted by Gasteiger charge is 2.30. The van der Waals surface area contributed by atoms with Crippen LogP contribution in [0.5, 0.6) is 0 Å². The van der Waals surface area contributed by atoms with E-state index in [1.54, 1.807) is 26.8 Å². The zero-order valence-electron chi connectivity index (χ0n) is 10.4. The van der Waals surface area contributed by atoms with Crippen LogP contribution in [-0.4, -0.2) is 19.8 Å². The van der Waals surface area contributed by atoms with Gasteiger partial charge in [-0.1, -0.05) is 12.2 Å². The minimum Gasteiger partial charge on any atom is -0.482 e. The van der Waals surface area contributed by atoms with Crippen molar-refractivity contribution in [2.75, 3.05) is 19.8 Å². The SMILES string of the molecule is C/C=C/CO/C(=C\C)P(=O)(OCC)OCC. The van der Waals surface area contributed by atoms with Crippen LogP contribution in [0.25, 0.3) is 0 Å². The van der Waals surface area contributed by atoms with E-state index in [9.17, 15) is 4.57 Å². The average Bonchev–Trinajstić information content (AvgIpc) is 2.25. The van der Waals surface area contributed by atoms with Crippen molar-refractivity contribution in [1.82, 2.24) is 0 Å². The smallest absolute Gasteiger partial charge is 0.395 e. The monoisotopic (exact) mass is 248 g/mol. The molecule has 94 valence electrons. The average molecular weight is 248 g/mol. The standard InChI is InChI=1S/C11H21O4P/c1-5-9-10-13-11(6-2)16(12,14-7-3)15-8-4/h5-6,9H,7-8,10H2,1-4H3/b9-5+,11-6+. The summed E-state index contributed by atoms with van der Waals surface area (Å²) in [5.41, 5.74) is 0.273. The van der Waals surface area contributed by atoms with Gasteiger partial charge in [-0.3, -0.25) is 4.57 Å². The Labute approximate surface area is 97.8 Å². The molecule has 0 amide bonds. The van der Waals surface area contributed by atoms with Gasteiger partial charge in [-0.25, -0.2) is 0 Å². The third-order valence-corrected chi connectivity index (χ3v) is 3.80. The molecule has 0 heterocycles. The molecule has 5 heteroatoms. The molecule has 0 aromatic heterocycles. The Bertz CT molecular complexity index is 274. The van der Waals surface area contributed by atoms with Crippen LogP contribution in [0.15, 0.2) is 23.7 Å². The molecule has 16 heavy (non-hydrogen) atoms. The first-order valence-corrected chi connectivity index (χ1v) is 6.98. The van der Waals surface area contributed by atoms with Crippen LogP contribution >= 0.6 is 7.60 Å². The minimum absolute atomic E-state index is 0.273. The van der Waals surface area contributed by atoms with Crippen LogP contribution in [0.4, 0.5) is 0 Å². The molecule has 0 saturated heterocycles. The van der Waals surface area contributed by atoms with Crippen LogP contribution in [0.2, 0.25) is 0 Å². The second kappa shape index (κ2) is 8.57. The lowest BCUT2D eigenvalue weighted by atomic mass is 10.5. The van der Waals surface area contributed by atoms with Gasteiger partial charge >= 0.3 is 7.60 Å². The highest BCUT2D eigenvalue weighted by Crippen LogP contribution is 2.56. The van der Waals surface area contributed by atoms with Gasteiger partial charge in [0, 0.05) is 0 Å². The van der Waals surface area contributed by atoms with Crippen molar-refractivity contribution in [3.8, 4) is 0 Å². The van der Waals surface area contributed by atoms with E-state index in [0.717, 1.165) is 0 Å². The number of ether oxygens (including phenoxy) is 1. The molecule has 0 bridgehead atoms. The third-order valence-electron chi connectivity index (χ3n) is 1.68. The Hall–Kier alpha value is -0.570. The van der Waals surface area contributed by atoms with Crippen molar-refractivity contribution < 1.29 is 18.3 Å². The summed E-state index contributed by atoms with van der Waals surface area (Å²) >= 11 is 0. The Morgan fingerprint density at radius 3 is 2.12 bits per heavy atom. The summed E-state index contributed by atoms with van der Waals surface area (Å²) in [7, 11) is -3.26. The van der Waals surface area contributed by atoms with E-state index in [1.807, 2.05) is 19.1 Å². The molecule has 0 aromatic carbocycles. The van der Waals surface area contributed by atoms with Crippen LogP contribution in [-0.2, 0) is 18.3 Å². The second-order valence-electron chi connectivity index (χ2n) is 2.84. The van der Waals surface area contributed by atoms with E-state index in [0.29, 0.717) is 19.8 Å². The van der Waals surface area contributed by atoms with E-state index in [-0.39, 0.29) is 5.50 Å². The molecule has 0 unspecified atom stereocenters.